The number of rotatable bonds is 4. The molecule has 2 aromatic rings. The Hall–Kier alpha value is -1.87. The van der Waals surface area contributed by atoms with Gasteiger partial charge in [-0.25, -0.2) is 4.98 Å². The van der Waals surface area contributed by atoms with E-state index >= 15 is 0 Å². The molecule has 1 aliphatic rings. The molecule has 3 nitrogen and oxygen atoms in total. The number of pyridine rings is 1. The molecule has 1 heterocycles. The Labute approximate surface area is 126 Å². The third-order valence-corrected chi connectivity index (χ3v) is 4.45. The highest BCUT2D eigenvalue weighted by Gasteiger charge is 2.29. The lowest BCUT2D eigenvalue weighted by Gasteiger charge is -2.33. The van der Waals surface area contributed by atoms with Crippen molar-refractivity contribution in [2.75, 3.05) is 12.3 Å². The van der Waals surface area contributed by atoms with Gasteiger partial charge in [0.2, 0.25) is 0 Å². The van der Waals surface area contributed by atoms with Gasteiger partial charge in [0.25, 0.3) is 0 Å². The standard InChI is InChI=1S/C18H23N3/c1-2-20-17(16-11-6-12-21-18(16)19)15-10-5-8-13-7-3-4-9-14(13)15/h3-4,6-7,9,11-12,15,17,20H,2,5,8,10H2,1H3,(H2,19,21). The van der Waals surface area contributed by atoms with Crippen molar-refractivity contribution in [2.24, 2.45) is 0 Å². The molecule has 0 fully saturated rings. The number of nitrogens with two attached hydrogens (primary N) is 1. The van der Waals surface area contributed by atoms with Crippen molar-refractivity contribution in [3.8, 4) is 0 Å². The highest BCUT2D eigenvalue weighted by atomic mass is 14.9. The molecule has 0 spiro atoms. The van der Waals surface area contributed by atoms with Crippen LogP contribution in [0, 0.1) is 0 Å². The van der Waals surface area contributed by atoms with Gasteiger partial charge in [-0.05, 0) is 43.0 Å². The van der Waals surface area contributed by atoms with Crippen LogP contribution in [0.1, 0.15) is 48.4 Å². The van der Waals surface area contributed by atoms with Crippen LogP contribution in [-0.4, -0.2) is 11.5 Å². The molecule has 0 aliphatic heterocycles. The van der Waals surface area contributed by atoms with E-state index in [-0.39, 0.29) is 6.04 Å². The monoisotopic (exact) mass is 281 g/mol. The molecule has 0 radical (unpaired) electrons. The van der Waals surface area contributed by atoms with E-state index in [4.69, 9.17) is 5.73 Å². The maximum absolute atomic E-state index is 6.13. The fourth-order valence-corrected chi connectivity index (χ4v) is 3.52. The molecule has 3 rings (SSSR count). The minimum absolute atomic E-state index is 0.241. The average molecular weight is 281 g/mol. The lowest BCUT2D eigenvalue weighted by atomic mass is 9.77. The SMILES string of the molecule is CCNC(c1cccnc1N)C1CCCc2ccccc21. The summed E-state index contributed by atoms with van der Waals surface area (Å²) in [5, 5.41) is 3.63. The van der Waals surface area contributed by atoms with E-state index in [1.54, 1.807) is 6.20 Å². The van der Waals surface area contributed by atoms with Gasteiger partial charge >= 0.3 is 0 Å². The lowest BCUT2D eigenvalue weighted by Crippen LogP contribution is -2.30. The fourth-order valence-electron chi connectivity index (χ4n) is 3.52. The summed E-state index contributed by atoms with van der Waals surface area (Å²) in [5.74, 6) is 1.12. The Kier molecular flexibility index (Phi) is 4.20. The van der Waals surface area contributed by atoms with Crippen molar-refractivity contribution >= 4 is 5.82 Å². The molecule has 21 heavy (non-hydrogen) atoms. The maximum Gasteiger partial charge on any atom is 0.128 e. The Morgan fingerprint density at radius 2 is 2.14 bits per heavy atom. The average Bonchev–Trinajstić information content (AvgIpc) is 2.53. The molecule has 1 aromatic carbocycles. The van der Waals surface area contributed by atoms with E-state index in [1.165, 1.54) is 30.4 Å². The Bertz CT molecular complexity index is 609. The van der Waals surface area contributed by atoms with Crippen LogP contribution < -0.4 is 11.1 Å². The fraction of sp³-hybridized carbons (Fsp3) is 0.389. The molecule has 0 saturated heterocycles. The van der Waals surface area contributed by atoms with Gasteiger partial charge in [-0.3, -0.25) is 0 Å². The van der Waals surface area contributed by atoms with Gasteiger partial charge in [0.1, 0.15) is 5.82 Å². The van der Waals surface area contributed by atoms with Crippen LogP contribution in [-0.2, 0) is 6.42 Å². The number of fused-ring (bicyclic) bond motifs is 1. The van der Waals surface area contributed by atoms with Gasteiger partial charge in [0.05, 0.1) is 0 Å². The summed E-state index contributed by atoms with van der Waals surface area (Å²) in [7, 11) is 0. The molecule has 2 unspecified atom stereocenters. The molecular formula is C18H23N3. The second-order valence-electron chi connectivity index (χ2n) is 5.71. The summed E-state index contributed by atoms with van der Waals surface area (Å²) in [4.78, 5) is 4.27. The summed E-state index contributed by atoms with van der Waals surface area (Å²) in [6, 6.07) is 13.1. The molecule has 3 heteroatoms. The van der Waals surface area contributed by atoms with Crippen LogP contribution in [0.3, 0.4) is 0 Å². The highest BCUT2D eigenvalue weighted by molar-refractivity contribution is 5.44. The minimum atomic E-state index is 0.241. The number of likely N-dealkylation sites (N-methyl/N-ethyl adjacent to an activating group) is 1. The first-order chi connectivity index (χ1) is 10.3. The molecule has 0 bridgehead atoms. The normalized spacial score (nSPS) is 19.0. The summed E-state index contributed by atoms with van der Waals surface area (Å²) in [6.45, 7) is 3.08. The maximum atomic E-state index is 6.13. The summed E-state index contributed by atoms with van der Waals surface area (Å²) >= 11 is 0. The van der Waals surface area contributed by atoms with E-state index in [0.717, 1.165) is 12.1 Å². The first kappa shape index (κ1) is 14.1. The zero-order valence-corrected chi connectivity index (χ0v) is 12.5. The van der Waals surface area contributed by atoms with Crippen molar-refractivity contribution in [2.45, 2.75) is 38.1 Å². The number of nitrogens with zero attached hydrogens (tertiary/aromatic N) is 1. The van der Waals surface area contributed by atoms with E-state index in [2.05, 4.69) is 47.6 Å². The number of nitrogens with one attached hydrogen (secondary N) is 1. The van der Waals surface area contributed by atoms with Crippen molar-refractivity contribution in [1.82, 2.24) is 10.3 Å². The quantitative estimate of drug-likeness (QED) is 0.902. The molecular weight excluding hydrogens is 258 g/mol. The van der Waals surface area contributed by atoms with Crippen molar-refractivity contribution in [3.05, 3.63) is 59.3 Å². The second-order valence-corrected chi connectivity index (χ2v) is 5.71. The van der Waals surface area contributed by atoms with Crippen LogP contribution in [0.4, 0.5) is 5.82 Å². The Morgan fingerprint density at radius 3 is 2.95 bits per heavy atom. The smallest absolute Gasteiger partial charge is 0.128 e. The van der Waals surface area contributed by atoms with E-state index in [0.29, 0.717) is 11.7 Å². The van der Waals surface area contributed by atoms with Crippen molar-refractivity contribution in [3.63, 3.8) is 0 Å². The predicted octanol–water partition coefficient (Wildman–Crippen LogP) is 3.43. The van der Waals surface area contributed by atoms with Crippen LogP contribution in [0.25, 0.3) is 0 Å². The number of benzene rings is 1. The summed E-state index contributed by atoms with van der Waals surface area (Å²) < 4.78 is 0. The first-order valence-electron chi connectivity index (χ1n) is 7.82. The molecule has 1 aliphatic carbocycles. The minimum Gasteiger partial charge on any atom is -0.383 e. The summed E-state index contributed by atoms with van der Waals surface area (Å²) in [6.07, 6.45) is 5.39. The molecule has 3 N–H and O–H groups in total. The third kappa shape index (κ3) is 2.79. The molecule has 2 atom stereocenters. The van der Waals surface area contributed by atoms with Gasteiger partial charge in [-0.2, -0.15) is 0 Å². The zero-order valence-electron chi connectivity index (χ0n) is 12.5. The number of nitrogen functional groups attached to an aromatic ring is 1. The number of anilines is 1. The Balaban J connectivity index is 2.01. The largest absolute Gasteiger partial charge is 0.383 e. The number of hydrogen-bond donors (Lipinski definition) is 2. The van der Waals surface area contributed by atoms with Gasteiger partial charge < -0.3 is 11.1 Å². The Morgan fingerprint density at radius 1 is 1.29 bits per heavy atom. The third-order valence-electron chi connectivity index (χ3n) is 4.45. The molecule has 0 saturated carbocycles. The van der Waals surface area contributed by atoms with Gasteiger partial charge in [-0.15, -0.1) is 0 Å². The van der Waals surface area contributed by atoms with Crippen LogP contribution in [0.2, 0.25) is 0 Å². The zero-order chi connectivity index (χ0) is 14.7. The topological polar surface area (TPSA) is 50.9 Å². The predicted molar refractivity (Wildman–Crippen MR) is 87.2 cm³/mol. The number of aromatic nitrogens is 1. The van der Waals surface area contributed by atoms with E-state index < -0.39 is 0 Å². The lowest BCUT2D eigenvalue weighted by molar-refractivity contribution is 0.409. The summed E-state index contributed by atoms with van der Waals surface area (Å²) in [5.41, 5.74) is 10.2. The number of aryl methyl sites for hydroxylation is 1. The highest BCUT2D eigenvalue weighted by Crippen LogP contribution is 2.41. The van der Waals surface area contributed by atoms with Gasteiger partial charge in [0.15, 0.2) is 0 Å². The van der Waals surface area contributed by atoms with Crippen molar-refractivity contribution in [1.29, 1.82) is 0 Å². The molecule has 0 amide bonds. The van der Waals surface area contributed by atoms with E-state index in [9.17, 15) is 0 Å². The van der Waals surface area contributed by atoms with Crippen LogP contribution in [0.5, 0.6) is 0 Å². The van der Waals surface area contributed by atoms with Crippen molar-refractivity contribution < 1.29 is 0 Å². The van der Waals surface area contributed by atoms with Gasteiger partial charge in [-0.1, -0.05) is 37.3 Å². The molecule has 110 valence electrons. The van der Waals surface area contributed by atoms with Crippen LogP contribution >= 0.6 is 0 Å². The van der Waals surface area contributed by atoms with Crippen LogP contribution in [0.15, 0.2) is 42.6 Å². The molecule has 1 aromatic heterocycles. The van der Waals surface area contributed by atoms with Gasteiger partial charge in [0, 0.05) is 23.7 Å². The second kappa shape index (κ2) is 6.27. The number of hydrogen-bond acceptors (Lipinski definition) is 3. The first-order valence-corrected chi connectivity index (χ1v) is 7.82. The van der Waals surface area contributed by atoms with E-state index in [1.807, 2.05) is 6.07 Å².